The van der Waals surface area contributed by atoms with Crippen LogP contribution < -0.4 is 0 Å². The van der Waals surface area contributed by atoms with Crippen LogP contribution >= 0.6 is 0 Å². The van der Waals surface area contributed by atoms with Crippen LogP contribution in [0.3, 0.4) is 0 Å². The summed E-state index contributed by atoms with van der Waals surface area (Å²) in [5.74, 6) is 0.0223. The SMILES string of the molecule is [CH2]CCCCCCCC(=O)OC1CCCCC1. The molecule has 0 aromatic carbocycles. The monoisotopic (exact) mass is 239 g/mol. The average Bonchev–Trinajstić information content (AvgIpc) is 2.35. The Hall–Kier alpha value is -0.530. The van der Waals surface area contributed by atoms with E-state index < -0.39 is 0 Å². The third-order valence-electron chi connectivity index (χ3n) is 3.48. The molecule has 0 aromatic rings. The van der Waals surface area contributed by atoms with Gasteiger partial charge in [-0.25, -0.2) is 0 Å². The molecule has 1 aliphatic carbocycles. The van der Waals surface area contributed by atoms with Crippen LogP contribution in [0, 0.1) is 6.92 Å². The minimum absolute atomic E-state index is 0.0223. The first kappa shape index (κ1) is 14.5. The van der Waals surface area contributed by atoms with Gasteiger partial charge in [0.15, 0.2) is 0 Å². The Labute approximate surface area is 106 Å². The Morgan fingerprint density at radius 3 is 2.35 bits per heavy atom. The molecule has 0 amide bonds. The molecule has 0 aromatic heterocycles. The first-order valence-corrected chi connectivity index (χ1v) is 7.31. The van der Waals surface area contributed by atoms with Crippen LogP contribution in [0.4, 0.5) is 0 Å². The average molecular weight is 239 g/mol. The Morgan fingerprint density at radius 2 is 1.65 bits per heavy atom. The van der Waals surface area contributed by atoms with Crippen molar-refractivity contribution < 1.29 is 9.53 Å². The smallest absolute Gasteiger partial charge is 0.306 e. The zero-order chi connectivity index (χ0) is 12.3. The van der Waals surface area contributed by atoms with Crippen LogP contribution in [0.25, 0.3) is 0 Å². The highest BCUT2D eigenvalue weighted by Crippen LogP contribution is 2.21. The highest BCUT2D eigenvalue weighted by atomic mass is 16.5. The van der Waals surface area contributed by atoms with Crippen LogP contribution in [-0.4, -0.2) is 12.1 Å². The molecule has 0 spiro atoms. The molecule has 0 aliphatic heterocycles. The van der Waals surface area contributed by atoms with Crippen molar-refractivity contribution in [3.05, 3.63) is 6.92 Å². The fourth-order valence-electron chi connectivity index (χ4n) is 2.40. The van der Waals surface area contributed by atoms with Crippen molar-refractivity contribution in [1.82, 2.24) is 0 Å². The Kier molecular flexibility index (Phi) is 8.12. The van der Waals surface area contributed by atoms with Crippen molar-refractivity contribution in [2.45, 2.75) is 83.2 Å². The summed E-state index contributed by atoms with van der Waals surface area (Å²) in [4.78, 5) is 11.6. The first-order valence-electron chi connectivity index (χ1n) is 7.31. The second-order valence-electron chi connectivity index (χ2n) is 5.12. The second kappa shape index (κ2) is 9.49. The lowest BCUT2D eigenvalue weighted by Crippen LogP contribution is -2.20. The molecule has 0 heterocycles. The number of carbonyl (C=O) groups excluding carboxylic acids is 1. The summed E-state index contributed by atoms with van der Waals surface area (Å²) in [5.41, 5.74) is 0. The lowest BCUT2D eigenvalue weighted by Gasteiger charge is -2.21. The van der Waals surface area contributed by atoms with Crippen molar-refractivity contribution in [3.8, 4) is 0 Å². The van der Waals surface area contributed by atoms with E-state index >= 15 is 0 Å². The van der Waals surface area contributed by atoms with Gasteiger partial charge in [-0.15, -0.1) is 0 Å². The van der Waals surface area contributed by atoms with E-state index in [9.17, 15) is 4.79 Å². The molecule has 1 radical (unpaired) electrons. The summed E-state index contributed by atoms with van der Waals surface area (Å²) in [6.07, 6.45) is 13.6. The molecule has 0 N–H and O–H groups in total. The highest BCUT2D eigenvalue weighted by molar-refractivity contribution is 5.69. The largest absolute Gasteiger partial charge is 0.462 e. The predicted octanol–water partition coefficient (Wildman–Crippen LogP) is 4.43. The minimum Gasteiger partial charge on any atom is -0.462 e. The van der Waals surface area contributed by atoms with Gasteiger partial charge >= 0.3 is 5.97 Å². The van der Waals surface area contributed by atoms with E-state index in [1.807, 2.05) is 0 Å². The molecule has 0 bridgehead atoms. The van der Waals surface area contributed by atoms with Crippen molar-refractivity contribution in [1.29, 1.82) is 0 Å². The molecule has 1 aliphatic rings. The Balaban J connectivity index is 1.93. The molecule has 2 heteroatoms. The van der Waals surface area contributed by atoms with Gasteiger partial charge < -0.3 is 4.74 Å². The lowest BCUT2D eigenvalue weighted by molar-refractivity contribution is -0.150. The molecule has 0 saturated heterocycles. The number of rotatable bonds is 8. The maximum Gasteiger partial charge on any atom is 0.306 e. The van der Waals surface area contributed by atoms with Crippen LogP contribution in [0.2, 0.25) is 0 Å². The van der Waals surface area contributed by atoms with Crippen molar-refractivity contribution in [2.75, 3.05) is 0 Å². The van der Waals surface area contributed by atoms with E-state index in [1.54, 1.807) is 0 Å². The molecular formula is C15H27O2. The quantitative estimate of drug-likeness (QED) is 0.463. The molecule has 1 rings (SSSR count). The zero-order valence-electron chi connectivity index (χ0n) is 11.1. The van der Waals surface area contributed by atoms with Crippen molar-refractivity contribution in [3.63, 3.8) is 0 Å². The first-order chi connectivity index (χ1) is 8.33. The number of hydrogen-bond donors (Lipinski definition) is 0. The van der Waals surface area contributed by atoms with Crippen LogP contribution in [0.5, 0.6) is 0 Å². The second-order valence-corrected chi connectivity index (χ2v) is 5.12. The molecule has 1 fully saturated rings. The third kappa shape index (κ3) is 7.40. The van der Waals surface area contributed by atoms with Gasteiger partial charge in [0.25, 0.3) is 0 Å². The number of ether oxygens (including phenoxy) is 1. The summed E-state index contributed by atoms with van der Waals surface area (Å²) in [6, 6.07) is 0. The number of carbonyl (C=O) groups is 1. The van der Waals surface area contributed by atoms with Gasteiger partial charge in [0.2, 0.25) is 0 Å². The van der Waals surface area contributed by atoms with Gasteiger partial charge in [-0.1, -0.05) is 45.4 Å². The van der Waals surface area contributed by atoms with Crippen LogP contribution in [-0.2, 0) is 9.53 Å². The standard InChI is InChI=1S/C15H27O2/c1-2-3-4-5-6-10-13-15(16)17-14-11-8-7-9-12-14/h14H,1-13H2. The molecular weight excluding hydrogens is 212 g/mol. The molecule has 17 heavy (non-hydrogen) atoms. The maximum absolute atomic E-state index is 11.6. The number of unbranched alkanes of at least 4 members (excludes halogenated alkanes) is 5. The van der Waals surface area contributed by atoms with Crippen LogP contribution in [0.15, 0.2) is 0 Å². The Morgan fingerprint density at radius 1 is 1.00 bits per heavy atom. The third-order valence-corrected chi connectivity index (χ3v) is 3.48. The highest BCUT2D eigenvalue weighted by Gasteiger charge is 2.17. The van der Waals surface area contributed by atoms with Gasteiger partial charge in [-0.05, 0) is 32.1 Å². The number of esters is 1. The topological polar surface area (TPSA) is 26.3 Å². The summed E-state index contributed by atoms with van der Waals surface area (Å²) >= 11 is 0. The number of hydrogen-bond acceptors (Lipinski definition) is 2. The van der Waals surface area contributed by atoms with E-state index in [1.165, 1.54) is 38.5 Å². The maximum atomic E-state index is 11.6. The minimum atomic E-state index is 0.0223. The summed E-state index contributed by atoms with van der Waals surface area (Å²) in [6.45, 7) is 3.82. The van der Waals surface area contributed by atoms with Gasteiger partial charge in [0.1, 0.15) is 6.10 Å². The van der Waals surface area contributed by atoms with Gasteiger partial charge in [-0.3, -0.25) is 4.79 Å². The molecule has 0 atom stereocenters. The molecule has 99 valence electrons. The normalized spacial score (nSPS) is 17.0. The van der Waals surface area contributed by atoms with Crippen LogP contribution in [0.1, 0.15) is 77.0 Å². The molecule has 0 unspecified atom stereocenters. The van der Waals surface area contributed by atoms with Gasteiger partial charge in [0.05, 0.1) is 0 Å². The predicted molar refractivity (Wildman–Crippen MR) is 70.6 cm³/mol. The Bertz CT molecular complexity index is 195. The van der Waals surface area contributed by atoms with Crippen molar-refractivity contribution in [2.24, 2.45) is 0 Å². The molecule has 1 saturated carbocycles. The lowest BCUT2D eigenvalue weighted by atomic mass is 9.98. The van der Waals surface area contributed by atoms with Crippen molar-refractivity contribution >= 4 is 5.97 Å². The summed E-state index contributed by atoms with van der Waals surface area (Å²) in [5, 5.41) is 0. The zero-order valence-corrected chi connectivity index (χ0v) is 11.1. The van der Waals surface area contributed by atoms with E-state index in [2.05, 4.69) is 6.92 Å². The fourth-order valence-corrected chi connectivity index (χ4v) is 2.40. The fraction of sp³-hybridized carbons (Fsp3) is 0.867. The van der Waals surface area contributed by atoms with E-state index in [-0.39, 0.29) is 12.1 Å². The summed E-state index contributed by atoms with van der Waals surface area (Å²) in [7, 11) is 0. The van der Waals surface area contributed by atoms with E-state index in [4.69, 9.17) is 4.74 Å². The summed E-state index contributed by atoms with van der Waals surface area (Å²) < 4.78 is 5.47. The van der Waals surface area contributed by atoms with Gasteiger partial charge in [-0.2, -0.15) is 0 Å². The van der Waals surface area contributed by atoms with Gasteiger partial charge in [0, 0.05) is 6.42 Å². The van der Waals surface area contributed by atoms with E-state index in [0.717, 1.165) is 32.1 Å². The van der Waals surface area contributed by atoms with E-state index in [0.29, 0.717) is 6.42 Å². The molecule has 2 nitrogen and oxygen atoms in total.